The van der Waals surface area contributed by atoms with Crippen LogP contribution < -0.4 is 4.90 Å². The van der Waals surface area contributed by atoms with E-state index in [1.54, 1.807) is 0 Å². The maximum absolute atomic E-state index is 2.49. The van der Waals surface area contributed by atoms with Crippen molar-refractivity contribution >= 4 is 49.4 Å². The highest BCUT2D eigenvalue weighted by Gasteiger charge is 2.36. The first-order chi connectivity index (χ1) is 28.5. The van der Waals surface area contributed by atoms with E-state index >= 15 is 0 Å². The third kappa shape index (κ3) is 4.71. The Labute approximate surface area is 339 Å². The third-order valence-electron chi connectivity index (χ3n) is 13.0. The molecule has 0 N–H and O–H groups in total. The monoisotopic (exact) mass is 737 g/mol. The van der Waals surface area contributed by atoms with Gasteiger partial charge in [-0.15, -0.1) is 0 Å². The third-order valence-corrected chi connectivity index (χ3v) is 13.0. The van der Waals surface area contributed by atoms with Crippen molar-refractivity contribution in [2.75, 3.05) is 4.90 Å². The topological polar surface area (TPSA) is 3.24 Å². The molecule has 1 nitrogen and oxygen atoms in total. The minimum Gasteiger partial charge on any atom is -0.310 e. The van der Waals surface area contributed by atoms with Crippen molar-refractivity contribution in [1.82, 2.24) is 0 Å². The van der Waals surface area contributed by atoms with Crippen LogP contribution in [0.4, 0.5) is 17.1 Å². The summed E-state index contributed by atoms with van der Waals surface area (Å²) < 4.78 is 0. The summed E-state index contributed by atoms with van der Waals surface area (Å²) in [6, 6.07) is 74.7. The molecular weight excluding hydrogens is 699 g/mol. The number of hydrogen-bond acceptors (Lipinski definition) is 1. The zero-order valence-electron chi connectivity index (χ0n) is 32.5. The summed E-state index contributed by atoms with van der Waals surface area (Å²) in [6.07, 6.45) is 0. The Morgan fingerprint density at radius 1 is 0.259 bits per heavy atom. The van der Waals surface area contributed by atoms with Crippen LogP contribution in [0.2, 0.25) is 0 Å². The molecule has 0 spiro atoms. The summed E-state index contributed by atoms with van der Waals surface area (Å²) in [5, 5.41) is 7.65. The maximum atomic E-state index is 2.49. The van der Waals surface area contributed by atoms with Gasteiger partial charge in [0.2, 0.25) is 0 Å². The lowest BCUT2D eigenvalue weighted by Crippen LogP contribution is -2.16. The van der Waals surface area contributed by atoms with Gasteiger partial charge in [0.1, 0.15) is 0 Å². The van der Waals surface area contributed by atoms with Gasteiger partial charge < -0.3 is 4.90 Å². The predicted octanol–water partition coefficient (Wildman–Crippen LogP) is 15.9. The summed E-state index contributed by atoms with van der Waals surface area (Å²) in [5.74, 6) is 0. The average molecular weight is 738 g/mol. The molecule has 0 aliphatic heterocycles. The van der Waals surface area contributed by atoms with E-state index in [9.17, 15) is 0 Å². The number of anilines is 3. The molecular formula is C57H39N. The summed E-state index contributed by atoms with van der Waals surface area (Å²) in [6.45, 7) is 4.74. The lowest BCUT2D eigenvalue weighted by atomic mass is 9.80. The number of benzene rings is 10. The number of rotatable bonds is 3. The fraction of sp³-hybridized carbons (Fsp3) is 0.0526. The van der Waals surface area contributed by atoms with Crippen LogP contribution in [0.5, 0.6) is 0 Å². The molecule has 12 rings (SSSR count). The molecule has 0 radical (unpaired) electrons. The molecule has 10 aromatic rings. The van der Waals surface area contributed by atoms with E-state index in [1.165, 1.54) is 99.1 Å². The van der Waals surface area contributed by atoms with Crippen LogP contribution in [-0.2, 0) is 5.41 Å². The van der Waals surface area contributed by atoms with Gasteiger partial charge in [-0.2, -0.15) is 0 Å². The van der Waals surface area contributed by atoms with Crippen LogP contribution in [0.1, 0.15) is 25.0 Å². The van der Waals surface area contributed by atoms with Gasteiger partial charge in [0.05, 0.1) is 0 Å². The molecule has 2 aliphatic carbocycles. The normalized spacial score (nSPS) is 13.1. The van der Waals surface area contributed by atoms with Crippen molar-refractivity contribution in [3.8, 4) is 55.6 Å². The van der Waals surface area contributed by atoms with E-state index < -0.39 is 0 Å². The van der Waals surface area contributed by atoms with Gasteiger partial charge in [0, 0.05) is 22.5 Å². The zero-order chi connectivity index (χ0) is 38.5. The first-order valence-corrected chi connectivity index (χ1v) is 20.3. The molecule has 0 aromatic heterocycles. The van der Waals surface area contributed by atoms with Crippen molar-refractivity contribution in [3.63, 3.8) is 0 Å². The second-order valence-corrected chi connectivity index (χ2v) is 16.4. The zero-order valence-corrected chi connectivity index (χ0v) is 32.5. The molecule has 0 fully saturated rings. The fourth-order valence-corrected chi connectivity index (χ4v) is 10.3. The Hall–Kier alpha value is -7.22. The Balaban J connectivity index is 1.14. The van der Waals surface area contributed by atoms with Gasteiger partial charge in [0.15, 0.2) is 0 Å². The molecule has 0 saturated carbocycles. The first-order valence-electron chi connectivity index (χ1n) is 20.3. The SMILES string of the molecule is CC1(C)c2ccccc2-c2ccc(N(c3ccc4c(c3)-c3ccccc3-c3ccccc3-c3ccccc3-4)c3ccc4c5ccccc5c5ccccc5c4c3)cc21. The molecule has 58 heavy (non-hydrogen) atoms. The average Bonchev–Trinajstić information content (AvgIpc) is 3.51. The smallest absolute Gasteiger partial charge is 0.0468 e. The summed E-state index contributed by atoms with van der Waals surface area (Å²) >= 11 is 0. The molecule has 0 amide bonds. The Morgan fingerprint density at radius 3 is 1.16 bits per heavy atom. The molecule has 2 aliphatic rings. The molecule has 272 valence electrons. The van der Waals surface area contributed by atoms with Crippen molar-refractivity contribution < 1.29 is 0 Å². The highest BCUT2D eigenvalue weighted by atomic mass is 15.1. The molecule has 0 heterocycles. The molecule has 0 unspecified atom stereocenters. The van der Waals surface area contributed by atoms with Crippen molar-refractivity contribution in [2.45, 2.75) is 19.3 Å². The van der Waals surface area contributed by atoms with E-state index in [-0.39, 0.29) is 5.41 Å². The van der Waals surface area contributed by atoms with E-state index in [0.29, 0.717) is 0 Å². The van der Waals surface area contributed by atoms with E-state index in [0.717, 1.165) is 17.1 Å². The second kappa shape index (κ2) is 12.4. The summed E-state index contributed by atoms with van der Waals surface area (Å²) in [5.41, 5.74) is 18.6. The summed E-state index contributed by atoms with van der Waals surface area (Å²) in [4.78, 5) is 2.49. The van der Waals surface area contributed by atoms with Gasteiger partial charge >= 0.3 is 0 Å². The van der Waals surface area contributed by atoms with Crippen LogP contribution in [0.3, 0.4) is 0 Å². The highest BCUT2D eigenvalue weighted by molar-refractivity contribution is 6.26. The van der Waals surface area contributed by atoms with E-state index in [1.807, 2.05) is 0 Å². The van der Waals surface area contributed by atoms with Gasteiger partial charge in [-0.25, -0.2) is 0 Å². The van der Waals surface area contributed by atoms with Crippen LogP contribution in [0.25, 0.3) is 88.0 Å². The number of fused-ring (bicyclic) bond motifs is 17. The van der Waals surface area contributed by atoms with Crippen molar-refractivity contribution in [1.29, 1.82) is 0 Å². The van der Waals surface area contributed by atoms with Crippen molar-refractivity contribution in [3.05, 3.63) is 211 Å². The standard InChI is InChI=1S/C57H39N/c1-57(2)55-26-14-13-25-51(55)52-32-29-38(35-56(52)57)58(37-28-31-50-46-22-8-6-18-42(46)44-20-10-12-24-48(44)54(50)34-37)36-27-30-49-45-21-7-5-17-41(45)39-15-3-4-16-40(39)43-19-9-11-23-47(43)53(49)33-36/h3-35H,1-2H3. The van der Waals surface area contributed by atoms with Crippen LogP contribution >= 0.6 is 0 Å². The van der Waals surface area contributed by atoms with Crippen LogP contribution in [0, 0.1) is 0 Å². The molecule has 1 heteroatoms. The van der Waals surface area contributed by atoms with E-state index in [4.69, 9.17) is 0 Å². The highest BCUT2D eigenvalue weighted by Crippen LogP contribution is 2.53. The fourth-order valence-electron chi connectivity index (χ4n) is 10.3. The van der Waals surface area contributed by atoms with Crippen molar-refractivity contribution in [2.24, 2.45) is 0 Å². The minimum absolute atomic E-state index is 0.131. The molecule has 0 bridgehead atoms. The molecule has 10 aromatic carbocycles. The number of hydrogen-bond donors (Lipinski definition) is 0. The quantitative estimate of drug-likeness (QED) is 0.163. The van der Waals surface area contributed by atoms with Gasteiger partial charge in [-0.05, 0) is 135 Å². The lowest BCUT2D eigenvalue weighted by molar-refractivity contribution is 0.660. The Morgan fingerprint density at radius 2 is 0.603 bits per heavy atom. The minimum atomic E-state index is -0.131. The maximum Gasteiger partial charge on any atom is 0.0468 e. The van der Waals surface area contributed by atoms with Gasteiger partial charge in [-0.3, -0.25) is 0 Å². The lowest BCUT2D eigenvalue weighted by Gasteiger charge is -2.30. The molecule has 0 atom stereocenters. The number of nitrogens with zero attached hydrogens (tertiary/aromatic N) is 1. The first kappa shape index (κ1) is 33.0. The van der Waals surface area contributed by atoms with Gasteiger partial charge in [0.25, 0.3) is 0 Å². The van der Waals surface area contributed by atoms with Crippen LogP contribution in [-0.4, -0.2) is 0 Å². The predicted molar refractivity (Wildman–Crippen MR) is 247 cm³/mol. The summed E-state index contributed by atoms with van der Waals surface area (Å²) in [7, 11) is 0. The largest absolute Gasteiger partial charge is 0.310 e. The molecule has 0 saturated heterocycles. The Bertz CT molecular complexity index is 3290. The Kier molecular flexibility index (Phi) is 7.04. The van der Waals surface area contributed by atoms with Gasteiger partial charge in [-0.1, -0.05) is 178 Å². The second-order valence-electron chi connectivity index (χ2n) is 16.4. The van der Waals surface area contributed by atoms with Crippen LogP contribution in [0.15, 0.2) is 200 Å². The van der Waals surface area contributed by atoms with E-state index in [2.05, 4.69) is 219 Å².